The van der Waals surface area contributed by atoms with Crippen LogP contribution in [0.25, 0.3) is 0 Å². The summed E-state index contributed by atoms with van der Waals surface area (Å²) in [6.07, 6.45) is 1.03. The smallest absolute Gasteiger partial charge is 0.184 e. The van der Waals surface area contributed by atoms with Gasteiger partial charge in [-0.15, -0.1) is 0 Å². The summed E-state index contributed by atoms with van der Waals surface area (Å²) in [5, 5.41) is 4.92. The second kappa shape index (κ2) is 3.58. The first kappa shape index (κ1) is 10.8. The molecule has 0 fully saturated rings. The Morgan fingerprint density at radius 1 is 1.24 bits per heavy atom. The van der Waals surface area contributed by atoms with Crippen LogP contribution in [0.4, 0.5) is 0 Å². The number of hydrogen-bond donors (Lipinski definition) is 0. The largest absolute Gasteiger partial charge is 0.386 e. The van der Waals surface area contributed by atoms with Crippen LogP contribution < -0.4 is 0 Å². The second-order valence-corrected chi connectivity index (χ2v) is 6.29. The molecule has 0 aromatic heterocycles. The molecule has 6 heteroatoms. The minimum Gasteiger partial charge on any atom is -0.386 e. The summed E-state index contributed by atoms with van der Waals surface area (Å²) in [6, 6.07) is 6.87. The van der Waals surface area contributed by atoms with Crippen LogP contribution in [-0.2, 0) is 14.7 Å². The maximum atomic E-state index is 11.8. The topological polar surface area (TPSA) is 55.7 Å². The van der Waals surface area contributed by atoms with Crippen molar-refractivity contribution in [2.75, 3.05) is 0 Å². The number of fused-ring (bicyclic) bond motifs is 1. The lowest BCUT2D eigenvalue weighted by atomic mass is 10.0. The Bertz CT molecular complexity index is 619. The predicted molar refractivity (Wildman–Crippen MR) is 64.7 cm³/mol. The summed E-state index contributed by atoms with van der Waals surface area (Å²) < 4.78 is 23.6. The molecule has 0 radical (unpaired) electrons. The zero-order valence-corrected chi connectivity index (χ0v) is 10.1. The van der Waals surface area contributed by atoms with Gasteiger partial charge in [-0.1, -0.05) is 28.9 Å². The molecule has 2 heterocycles. The molecule has 1 aromatic rings. The highest BCUT2D eigenvalue weighted by atomic mass is 35.5. The van der Waals surface area contributed by atoms with Crippen molar-refractivity contribution in [1.29, 1.82) is 0 Å². The molecule has 2 aliphatic rings. The average Bonchev–Trinajstić information content (AvgIpc) is 2.83. The van der Waals surface area contributed by atoms with E-state index in [2.05, 4.69) is 5.16 Å². The van der Waals surface area contributed by atoms with Crippen LogP contribution in [0.3, 0.4) is 0 Å². The van der Waals surface area contributed by atoms with Crippen LogP contribution in [0.15, 0.2) is 40.9 Å². The summed E-state index contributed by atoms with van der Waals surface area (Å²) in [5.41, 5.74) is 1.16. The monoisotopic (exact) mass is 269 g/mol. The number of oxime groups is 1. The zero-order valence-electron chi connectivity index (χ0n) is 8.58. The van der Waals surface area contributed by atoms with Gasteiger partial charge in [0.15, 0.2) is 21.2 Å². The van der Waals surface area contributed by atoms with E-state index in [1.54, 1.807) is 24.3 Å². The molecule has 0 bridgehead atoms. The lowest BCUT2D eigenvalue weighted by Gasteiger charge is -2.08. The third-order valence-corrected chi connectivity index (χ3v) is 4.78. The molecule has 0 saturated carbocycles. The van der Waals surface area contributed by atoms with Crippen LogP contribution in [0.5, 0.6) is 0 Å². The minimum atomic E-state index is -3.30. The first-order chi connectivity index (χ1) is 8.08. The van der Waals surface area contributed by atoms with Crippen molar-refractivity contribution >= 4 is 27.1 Å². The second-order valence-electron chi connectivity index (χ2n) is 3.89. The molecule has 0 aliphatic carbocycles. The molecule has 0 amide bonds. The van der Waals surface area contributed by atoms with E-state index in [1.165, 1.54) is 11.5 Å². The average molecular weight is 270 g/mol. The van der Waals surface area contributed by atoms with Gasteiger partial charge in [-0.25, -0.2) is 8.42 Å². The van der Waals surface area contributed by atoms with Gasteiger partial charge in [-0.2, -0.15) is 0 Å². The molecular weight excluding hydrogens is 262 g/mol. The van der Waals surface area contributed by atoms with Gasteiger partial charge >= 0.3 is 0 Å². The molecule has 0 spiro atoms. The van der Waals surface area contributed by atoms with E-state index in [-0.39, 0.29) is 0 Å². The lowest BCUT2D eigenvalue weighted by molar-refractivity contribution is 0.123. The van der Waals surface area contributed by atoms with Crippen LogP contribution >= 0.6 is 11.6 Å². The fourth-order valence-electron chi connectivity index (χ4n) is 1.97. The van der Waals surface area contributed by atoms with Crippen molar-refractivity contribution in [1.82, 2.24) is 0 Å². The third kappa shape index (κ3) is 1.66. The fourth-order valence-corrected chi connectivity index (χ4v) is 3.64. The number of sulfone groups is 1. The van der Waals surface area contributed by atoms with Gasteiger partial charge in [0.05, 0.1) is 0 Å². The molecule has 88 valence electrons. The van der Waals surface area contributed by atoms with Crippen molar-refractivity contribution in [3.63, 3.8) is 0 Å². The molecule has 17 heavy (non-hydrogen) atoms. The molecule has 3 rings (SSSR count). The van der Waals surface area contributed by atoms with E-state index in [1.807, 2.05) is 0 Å². The quantitative estimate of drug-likeness (QED) is 0.780. The molecule has 0 saturated heterocycles. The number of nitrogens with zero attached hydrogens (tertiary/aromatic N) is 1. The van der Waals surface area contributed by atoms with Crippen molar-refractivity contribution in [2.24, 2.45) is 5.16 Å². The van der Waals surface area contributed by atoms with E-state index < -0.39 is 21.2 Å². The molecule has 4 nitrogen and oxygen atoms in total. The first-order valence-corrected chi connectivity index (χ1v) is 6.98. The van der Waals surface area contributed by atoms with Crippen LogP contribution in [-0.4, -0.2) is 25.5 Å². The van der Waals surface area contributed by atoms with Crippen LogP contribution in [0.1, 0.15) is 5.56 Å². The number of benzene rings is 1. The maximum absolute atomic E-state index is 11.8. The number of rotatable bonds is 1. The van der Waals surface area contributed by atoms with Gasteiger partial charge in [-0.3, -0.25) is 0 Å². The van der Waals surface area contributed by atoms with Crippen LogP contribution in [0.2, 0.25) is 5.02 Å². The van der Waals surface area contributed by atoms with Crippen molar-refractivity contribution in [3.05, 3.63) is 46.3 Å². The Hall–Kier alpha value is -1.33. The lowest BCUT2D eigenvalue weighted by Crippen LogP contribution is -2.31. The van der Waals surface area contributed by atoms with E-state index in [0.29, 0.717) is 16.3 Å². The Balaban J connectivity index is 2.03. The van der Waals surface area contributed by atoms with Crippen LogP contribution in [0, 0.1) is 0 Å². The molecule has 2 aliphatic heterocycles. The van der Waals surface area contributed by atoms with Gasteiger partial charge in [0, 0.05) is 16.0 Å². The standard InChI is InChI=1S/C11H8ClNO3S/c12-8-3-1-7(2-4-8)10-11-9(16-13-10)5-6-17(11,14)15/h1-6,9,11H/t9-,11-/m0/s1. The van der Waals surface area contributed by atoms with Gasteiger partial charge in [0.25, 0.3) is 0 Å². The van der Waals surface area contributed by atoms with E-state index >= 15 is 0 Å². The highest BCUT2D eigenvalue weighted by molar-refractivity contribution is 7.96. The van der Waals surface area contributed by atoms with E-state index in [0.717, 1.165) is 0 Å². The maximum Gasteiger partial charge on any atom is 0.184 e. The summed E-state index contributed by atoms with van der Waals surface area (Å²) in [7, 11) is -3.30. The Morgan fingerprint density at radius 3 is 2.65 bits per heavy atom. The molecule has 0 unspecified atom stereocenters. The van der Waals surface area contributed by atoms with Gasteiger partial charge in [-0.05, 0) is 18.2 Å². The Labute approximate surface area is 103 Å². The van der Waals surface area contributed by atoms with Crippen molar-refractivity contribution in [2.45, 2.75) is 11.4 Å². The molecular formula is C11H8ClNO3S. The fraction of sp³-hybridized carbons (Fsp3) is 0.182. The SMILES string of the molecule is O=S1(=O)C=C[C@@H]2ON=C(c3ccc(Cl)cc3)[C@H]21. The van der Waals surface area contributed by atoms with E-state index in [4.69, 9.17) is 16.4 Å². The predicted octanol–water partition coefficient (Wildman–Crippen LogP) is 1.75. The number of halogens is 1. The highest BCUT2D eigenvalue weighted by Gasteiger charge is 2.46. The normalized spacial score (nSPS) is 28.6. The number of hydrogen-bond acceptors (Lipinski definition) is 4. The molecule has 0 N–H and O–H groups in total. The summed E-state index contributed by atoms with van der Waals surface area (Å²) in [4.78, 5) is 5.10. The Kier molecular flexibility index (Phi) is 2.27. The van der Waals surface area contributed by atoms with Gasteiger partial charge in [0.2, 0.25) is 0 Å². The highest BCUT2D eigenvalue weighted by Crippen LogP contribution is 2.30. The summed E-state index contributed by atoms with van der Waals surface area (Å²) in [6.45, 7) is 0. The first-order valence-electron chi connectivity index (χ1n) is 5.00. The van der Waals surface area contributed by atoms with E-state index in [9.17, 15) is 8.42 Å². The Morgan fingerprint density at radius 2 is 1.94 bits per heavy atom. The summed E-state index contributed by atoms with van der Waals surface area (Å²) in [5.74, 6) is 0. The molecule has 2 atom stereocenters. The van der Waals surface area contributed by atoms with Gasteiger partial charge in [0.1, 0.15) is 5.71 Å². The molecule has 1 aromatic carbocycles. The minimum absolute atomic E-state index is 0.441. The van der Waals surface area contributed by atoms with Crippen molar-refractivity contribution in [3.8, 4) is 0 Å². The zero-order chi connectivity index (χ0) is 12.0. The third-order valence-electron chi connectivity index (χ3n) is 2.79. The summed E-state index contributed by atoms with van der Waals surface area (Å²) >= 11 is 5.78. The van der Waals surface area contributed by atoms with Gasteiger partial charge < -0.3 is 4.84 Å². The van der Waals surface area contributed by atoms with Crippen molar-refractivity contribution < 1.29 is 13.3 Å².